The molecule has 2 aromatic heterocycles. The Morgan fingerprint density at radius 3 is 2.27 bits per heavy atom. The fraction of sp³-hybridized carbons (Fsp3) is 0.194. The highest BCUT2D eigenvalue weighted by Gasteiger charge is 2.42. The molecule has 6 rings (SSSR count). The number of thiocarbonyl (C=S) groups is 1. The summed E-state index contributed by atoms with van der Waals surface area (Å²) in [4.78, 5) is 19.4. The van der Waals surface area contributed by atoms with E-state index in [1.807, 2.05) is 79.0 Å². The molecule has 0 aliphatic carbocycles. The first-order valence-corrected chi connectivity index (χ1v) is 15.1. The van der Waals surface area contributed by atoms with Gasteiger partial charge in [-0.15, -0.1) is 0 Å². The van der Waals surface area contributed by atoms with E-state index in [9.17, 15) is 4.79 Å². The van der Waals surface area contributed by atoms with E-state index in [0.29, 0.717) is 16.5 Å². The molecular weight excluding hydrogens is 566 g/mol. The number of aryl methyl sites for hydroxylation is 3. The standard InChI is InChI=1S/C36H35N5O2S/c1-23-18-24(2)20-29(19-23)40-25(3)21-31(26(40)4)35-34(32-12-8-9-17-37-32)39-36(44)41(35)28-15-13-27(14-16-28)38-33(42)22-43-30-10-6-5-7-11-30/h5-21,34-35H,22H2,1-4H3,(H,38,42)(H,39,44). The quantitative estimate of drug-likeness (QED) is 0.182. The smallest absolute Gasteiger partial charge is 0.262 e. The van der Waals surface area contributed by atoms with Crippen LogP contribution in [-0.2, 0) is 4.79 Å². The third-order valence-corrected chi connectivity index (χ3v) is 8.21. The zero-order chi connectivity index (χ0) is 30.8. The number of anilines is 2. The fourth-order valence-corrected chi connectivity index (χ4v) is 6.43. The van der Waals surface area contributed by atoms with Gasteiger partial charge in [0, 0.05) is 34.6 Å². The van der Waals surface area contributed by atoms with Crippen molar-refractivity contribution in [1.29, 1.82) is 0 Å². The van der Waals surface area contributed by atoms with Crippen LogP contribution in [0.4, 0.5) is 11.4 Å². The third kappa shape index (κ3) is 5.94. The Kier molecular flexibility index (Phi) is 8.17. The van der Waals surface area contributed by atoms with Crippen molar-refractivity contribution in [2.45, 2.75) is 39.8 Å². The second-order valence-electron chi connectivity index (χ2n) is 11.2. The third-order valence-electron chi connectivity index (χ3n) is 7.89. The number of nitrogens with zero attached hydrogens (tertiary/aromatic N) is 3. The predicted octanol–water partition coefficient (Wildman–Crippen LogP) is 7.30. The normalized spacial score (nSPS) is 16.1. The van der Waals surface area contributed by atoms with E-state index < -0.39 is 0 Å². The van der Waals surface area contributed by atoms with Crippen LogP contribution in [-0.4, -0.2) is 27.2 Å². The van der Waals surface area contributed by atoms with Crippen LogP contribution in [0, 0.1) is 27.7 Å². The molecule has 0 saturated carbocycles. The predicted molar refractivity (Wildman–Crippen MR) is 180 cm³/mol. The van der Waals surface area contributed by atoms with Gasteiger partial charge in [-0.05, 0) is 123 Å². The number of carbonyl (C=O) groups excluding carboxylic acids is 1. The van der Waals surface area contributed by atoms with Crippen molar-refractivity contribution in [2.75, 3.05) is 16.8 Å². The first-order valence-electron chi connectivity index (χ1n) is 14.6. The summed E-state index contributed by atoms with van der Waals surface area (Å²) in [5.41, 5.74) is 9.58. The maximum absolute atomic E-state index is 12.6. The number of ether oxygens (including phenoxy) is 1. The first-order chi connectivity index (χ1) is 21.3. The number of pyridine rings is 1. The summed E-state index contributed by atoms with van der Waals surface area (Å²) in [5.74, 6) is 0.422. The topological polar surface area (TPSA) is 71.4 Å². The fourth-order valence-electron chi connectivity index (χ4n) is 6.08. The molecule has 8 heteroatoms. The lowest BCUT2D eigenvalue weighted by molar-refractivity contribution is -0.118. The Bertz CT molecular complexity index is 1780. The molecule has 1 fully saturated rings. The molecule has 1 saturated heterocycles. The summed E-state index contributed by atoms with van der Waals surface area (Å²) in [6.07, 6.45) is 1.82. The van der Waals surface area contributed by atoms with Gasteiger partial charge in [0.15, 0.2) is 11.7 Å². The van der Waals surface area contributed by atoms with Gasteiger partial charge in [-0.1, -0.05) is 30.3 Å². The van der Waals surface area contributed by atoms with E-state index >= 15 is 0 Å². The van der Waals surface area contributed by atoms with Crippen molar-refractivity contribution < 1.29 is 9.53 Å². The molecule has 222 valence electrons. The lowest BCUT2D eigenvalue weighted by Crippen LogP contribution is -2.29. The Morgan fingerprint density at radius 1 is 0.886 bits per heavy atom. The van der Waals surface area contributed by atoms with Crippen LogP contribution in [0.15, 0.2) is 103 Å². The number of aromatic nitrogens is 2. The summed E-state index contributed by atoms with van der Waals surface area (Å²) in [6.45, 7) is 8.51. The zero-order valence-electron chi connectivity index (χ0n) is 25.2. The Balaban J connectivity index is 1.32. The molecule has 1 aliphatic rings. The summed E-state index contributed by atoms with van der Waals surface area (Å²) >= 11 is 5.96. The highest BCUT2D eigenvalue weighted by Crippen LogP contribution is 2.44. The monoisotopic (exact) mass is 601 g/mol. The molecule has 0 bridgehead atoms. The van der Waals surface area contributed by atoms with Gasteiger partial charge in [0.05, 0.1) is 17.8 Å². The van der Waals surface area contributed by atoms with Crippen molar-refractivity contribution in [1.82, 2.24) is 14.9 Å². The number of benzene rings is 3. The number of carbonyl (C=O) groups is 1. The molecule has 2 atom stereocenters. The summed E-state index contributed by atoms with van der Waals surface area (Å²) in [6, 6.07) is 31.6. The van der Waals surface area contributed by atoms with E-state index in [-0.39, 0.29) is 24.6 Å². The van der Waals surface area contributed by atoms with Crippen LogP contribution < -0.4 is 20.3 Å². The van der Waals surface area contributed by atoms with Crippen LogP contribution in [0.1, 0.15) is 45.9 Å². The molecular formula is C36H35N5O2S. The maximum atomic E-state index is 12.6. The molecule has 0 radical (unpaired) electrons. The van der Waals surface area contributed by atoms with E-state index in [4.69, 9.17) is 21.9 Å². The second-order valence-corrected chi connectivity index (χ2v) is 11.6. The largest absolute Gasteiger partial charge is 0.484 e. The Hall–Kier alpha value is -4.95. The number of hydrogen-bond acceptors (Lipinski definition) is 4. The van der Waals surface area contributed by atoms with Crippen molar-refractivity contribution in [2.24, 2.45) is 0 Å². The average molecular weight is 602 g/mol. The molecule has 7 nitrogen and oxygen atoms in total. The van der Waals surface area contributed by atoms with Gasteiger partial charge >= 0.3 is 0 Å². The van der Waals surface area contributed by atoms with Crippen LogP contribution >= 0.6 is 12.2 Å². The molecule has 3 aromatic carbocycles. The van der Waals surface area contributed by atoms with Crippen LogP contribution in [0.2, 0.25) is 0 Å². The van der Waals surface area contributed by atoms with E-state index in [0.717, 1.165) is 28.5 Å². The van der Waals surface area contributed by atoms with Crippen LogP contribution in [0.5, 0.6) is 5.75 Å². The van der Waals surface area contributed by atoms with Crippen molar-refractivity contribution in [3.05, 3.63) is 137 Å². The van der Waals surface area contributed by atoms with Gasteiger partial charge < -0.3 is 24.8 Å². The number of amides is 1. The van der Waals surface area contributed by atoms with Gasteiger partial charge in [-0.3, -0.25) is 9.78 Å². The number of nitrogens with one attached hydrogen (secondary N) is 2. The summed E-state index contributed by atoms with van der Waals surface area (Å²) < 4.78 is 7.91. The SMILES string of the molecule is Cc1cc(C)cc(-n2c(C)cc(C3C(c4ccccn4)NC(=S)N3c3ccc(NC(=O)COc4ccccc4)cc3)c2C)c1. The molecule has 1 aliphatic heterocycles. The lowest BCUT2D eigenvalue weighted by Gasteiger charge is -2.28. The summed E-state index contributed by atoms with van der Waals surface area (Å²) in [5, 5.41) is 7.10. The van der Waals surface area contributed by atoms with Crippen molar-refractivity contribution in [3.8, 4) is 11.4 Å². The maximum Gasteiger partial charge on any atom is 0.262 e. The zero-order valence-corrected chi connectivity index (χ0v) is 26.1. The van der Waals surface area contributed by atoms with Gasteiger partial charge in [0.1, 0.15) is 5.75 Å². The van der Waals surface area contributed by atoms with Crippen molar-refractivity contribution >= 4 is 34.6 Å². The molecule has 0 spiro atoms. The minimum Gasteiger partial charge on any atom is -0.484 e. The average Bonchev–Trinajstić information content (AvgIpc) is 3.51. The van der Waals surface area contributed by atoms with Crippen molar-refractivity contribution in [3.63, 3.8) is 0 Å². The van der Waals surface area contributed by atoms with E-state index in [1.54, 1.807) is 0 Å². The minimum absolute atomic E-state index is 0.0736. The number of hydrogen-bond donors (Lipinski definition) is 2. The minimum atomic E-state index is -0.230. The van der Waals surface area contributed by atoms with Gasteiger partial charge in [-0.25, -0.2) is 0 Å². The summed E-state index contributed by atoms with van der Waals surface area (Å²) in [7, 11) is 0. The molecule has 3 heterocycles. The van der Waals surface area contributed by atoms with Crippen LogP contribution in [0.3, 0.4) is 0 Å². The van der Waals surface area contributed by atoms with E-state index in [2.05, 4.69) is 72.1 Å². The molecule has 1 amide bonds. The van der Waals surface area contributed by atoms with Gasteiger partial charge in [-0.2, -0.15) is 0 Å². The highest BCUT2D eigenvalue weighted by molar-refractivity contribution is 7.80. The first kappa shape index (κ1) is 29.1. The highest BCUT2D eigenvalue weighted by atomic mass is 32.1. The van der Waals surface area contributed by atoms with Gasteiger partial charge in [0.25, 0.3) is 5.91 Å². The van der Waals surface area contributed by atoms with Gasteiger partial charge in [0.2, 0.25) is 0 Å². The van der Waals surface area contributed by atoms with Crippen LogP contribution in [0.25, 0.3) is 5.69 Å². The molecule has 2 N–H and O–H groups in total. The second kappa shape index (κ2) is 12.3. The number of rotatable bonds is 8. The lowest BCUT2D eigenvalue weighted by atomic mass is 9.96. The number of para-hydroxylation sites is 1. The molecule has 5 aromatic rings. The molecule has 44 heavy (non-hydrogen) atoms. The van der Waals surface area contributed by atoms with E-state index in [1.165, 1.54) is 16.7 Å². The molecule has 2 unspecified atom stereocenters. The Morgan fingerprint density at radius 2 is 1.59 bits per heavy atom. The Labute approximate surface area is 263 Å².